The lowest BCUT2D eigenvalue weighted by Crippen LogP contribution is -2.61. The van der Waals surface area contributed by atoms with Gasteiger partial charge in [-0.3, -0.25) is 9.59 Å². The Bertz CT molecular complexity index is 918. The Labute approximate surface area is 191 Å². The summed E-state index contributed by atoms with van der Waals surface area (Å²) in [6.07, 6.45) is 8.48. The topological polar surface area (TPSA) is 49.4 Å². The van der Waals surface area contributed by atoms with Crippen LogP contribution in [0.15, 0.2) is 18.2 Å². The van der Waals surface area contributed by atoms with Gasteiger partial charge in [0.1, 0.15) is 5.82 Å². The summed E-state index contributed by atoms with van der Waals surface area (Å²) < 4.78 is 13.7. The Morgan fingerprint density at radius 1 is 1.06 bits per heavy atom. The van der Waals surface area contributed by atoms with Gasteiger partial charge in [-0.25, -0.2) is 4.39 Å². The second-order valence-corrected chi connectivity index (χ2v) is 12.3. The summed E-state index contributed by atoms with van der Waals surface area (Å²) in [4.78, 5) is 28.5. The maximum Gasteiger partial charge on any atom is 0.228 e. The minimum atomic E-state index is -0.240. The SMILES string of the molecule is Cc1ccc(CNC(=O)C2CCN(C(=O)C34CC5CC(C)(CC(C)(C5)C3)C4)CC2)cc1F. The number of piperidine rings is 1. The van der Waals surface area contributed by atoms with Crippen LogP contribution in [0.3, 0.4) is 0 Å². The number of hydrogen-bond donors (Lipinski definition) is 1. The normalized spacial score (nSPS) is 36.4. The van der Waals surface area contributed by atoms with Crippen LogP contribution in [0.4, 0.5) is 4.39 Å². The number of aryl methyl sites for hydroxylation is 1. The van der Waals surface area contributed by atoms with Crippen LogP contribution in [0, 0.1) is 40.8 Å². The second-order valence-electron chi connectivity index (χ2n) is 12.3. The van der Waals surface area contributed by atoms with Gasteiger partial charge in [0.2, 0.25) is 11.8 Å². The quantitative estimate of drug-likeness (QED) is 0.717. The molecule has 4 nitrogen and oxygen atoms in total. The first-order valence-electron chi connectivity index (χ1n) is 12.4. The maximum atomic E-state index is 13.8. The molecule has 1 saturated heterocycles. The lowest BCUT2D eigenvalue weighted by Gasteiger charge is -2.65. The Morgan fingerprint density at radius 3 is 2.31 bits per heavy atom. The van der Waals surface area contributed by atoms with E-state index in [1.54, 1.807) is 13.0 Å². The molecule has 174 valence electrons. The number of amides is 2. The number of hydrogen-bond acceptors (Lipinski definition) is 2. The molecular weight excluding hydrogens is 403 g/mol. The van der Waals surface area contributed by atoms with E-state index < -0.39 is 0 Å². The van der Waals surface area contributed by atoms with E-state index in [0.717, 1.165) is 24.8 Å². The zero-order valence-electron chi connectivity index (χ0n) is 19.8. The summed E-state index contributed by atoms with van der Waals surface area (Å²) >= 11 is 0. The molecule has 5 aliphatic rings. The lowest BCUT2D eigenvalue weighted by atomic mass is 9.40. The Hall–Kier alpha value is -1.91. The van der Waals surface area contributed by atoms with E-state index in [9.17, 15) is 14.0 Å². The predicted octanol–water partition coefficient (Wildman–Crippen LogP) is 4.99. The van der Waals surface area contributed by atoms with Crippen LogP contribution in [0.2, 0.25) is 0 Å². The lowest BCUT2D eigenvalue weighted by molar-refractivity contribution is -0.180. The standard InChI is InChI=1S/C27H37FN2O2/c1-18-4-5-19(10-22(18)28)14-29-23(31)21-6-8-30(9-7-21)24(32)27-13-20-11-25(2,16-27)15-26(3,12-20)17-27/h4-5,10,20-21H,6-9,11-17H2,1-3H3,(H,29,31). The molecule has 5 fully saturated rings. The number of nitrogens with one attached hydrogen (secondary N) is 1. The van der Waals surface area contributed by atoms with E-state index in [-0.39, 0.29) is 23.1 Å². The molecule has 1 aromatic carbocycles. The van der Waals surface area contributed by atoms with Crippen molar-refractivity contribution in [2.75, 3.05) is 13.1 Å². The summed E-state index contributed by atoms with van der Waals surface area (Å²) in [5.74, 6) is 0.790. The minimum absolute atomic E-state index is 0.0212. The van der Waals surface area contributed by atoms with Crippen molar-refractivity contribution < 1.29 is 14.0 Å². The van der Waals surface area contributed by atoms with Crippen molar-refractivity contribution >= 4 is 11.8 Å². The molecule has 4 aliphatic carbocycles. The van der Waals surface area contributed by atoms with Crippen LogP contribution >= 0.6 is 0 Å². The van der Waals surface area contributed by atoms with Crippen LogP contribution < -0.4 is 5.32 Å². The van der Waals surface area contributed by atoms with Crippen LogP contribution in [-0.4, -0.2) is 29.8 Å². The smallest absolute Gasteiger partial charge is 0.228 e. The zero-order valence-corrected chi connectivity index (χ0v) is 19.8. The Morgan fingerprint density at radius 2 is 1.72 bits per heavy atom. The summed E-state index contributed by atoms with van der Waals surface area (Å²) in [6, 6.07) is 5.09. The summed E-state index contributed by atoms with van der Waals surface area (Å²) in [7, 11) is 0. The molecule has 0 spiro atoms. The Kier molecular flexibility index (Phi) is 5.18. The number of rotatable bonds is 4. The van der Waals surface area contributed by atoms with Crippen LogP contribution in [0.5, 0.6) is 0 Å². The molecule has 2 unspecified atom stereocenters. The first-order chi connectivity index (χ1) is 15.1. The molecule has 5 heteroatoms. The van der Waals surface area contributed by atoms with Crippen molar-refractivity contribution in [1.82, 2.24) is 10.2 Å². The number of nitrogens with zero attached hydrogens (tertiary/aromatic N) is 1. The van der Waals surface area contributed by atoms with Crippen molar-refractivity contribution in [2.24, 2.45) is 28.1 Å². The van der Waals surface area contributed by atoms with E-state index in [1.165, 1.54) is 25.3 Å². The van der Waals surface area contributed by atoms with Crippen LogP contribution in [-0.2, 0) is 16.1 Å². The van der Waals surface area contributed by atoms with E-state index in [1.807, 2.05) is 6.07 Å². The van der Waals surface area contributed by atoms with Gasteiger partial charge < -0.3 is 10.2 Å². The van der Waals surface area contributed by atoms with E-state index >= 15 is 0 Å². The molecule has 2 atom stereocenters. The van der Waals surface area contributed by atoms with Crippen molar-refractivity contribution in [1.29, 1.82) is 0 Å². The first kappa shape index (κ1) is 21.9. The van der Waals surface area contributed by atoms with E-state index in [4.69, 9.17) is 0 Å². The third-order valence-electron chi connectivity index (χ3n) is 8.94. The van der Waals surface area contributed by atoms with Gasteiger partial charge in [-0.15, -0.1) is 0 Å². The fourth-order valence-corrected chi connectivity index (χ4v) is 8.45. The molecule has 4 bridgehead atoms. The third-order valence-corrected chi connectivity index (χ3v) is 8.94. The van der Waals surface area contributed by atoms with Gasteiger partial charge in [-0.05, 0) is 92.2 Å². The highest BCUT2D eigenvalue weighted by Gasteiger charge is 2.63. The Balaban J connectivity index is 1.17. The number of likely N-dealkylation sites (tertiary alicyclic amines) is 1. The molecule has 0 radical (unpaired) electrons. The first-order valence-corrected chi connectivity index (χ1v) is 12.4. The highest BCUT2D eigenvalue weighted by Crippen LogP contribution is 2.69. The zero-order chi connectivity index (χ0) is 22.7. The van der Waals surface area contributed by atoms with Gasteiger partial charge in [0.05, 0.1) is 5.41 Å². The fraction of sp³-hybridized carbons (Fsp3) is 0.704. The van der Waals surface area contributed by atoms with Crippen LogP contribution in [0.1, 0.15) is 76.3 Å². The molecule has 6 rings (SSSR count). The van der Waals surface area contributed by atoms with Crippen LogP contribution in [0.25, 0.3) is 0 Å². The molecule has 4 saturated carbocycles. The van der Waals surface area contributed by atoms with Crippen molar-refractivity contribution in [3.05, 3.63) is 35.1 Å². The minimum Gasteiger partial charge on any atom is -0.352 e. The number of halogens is 1. The number of benzene rings is 1. The molecular formula is C27H37FN2O2. The third kappa shape index (κ3) is 3.86. The average molecular weight is 441 g/mol. The summed E-state index contributed by atoms with van der Waals surface area (Å²) in [5.41, 5.74) is 1.89. The van der Waals surface area contributed by atoms with Gasteiger partial charge in [0.25, 0.3) is 0 Å². The molecule has 1 N–H and O–H groups in total. The summed E-state index contributed by atoms with van der Waals surface area (Å²) in [5, 5.41) is 2.97. The molecule has 1 aliphatic heterocycles. The van der Waals surface area contributed by atoms with E-state index in [2.05, 4.69) is 24.1 Å². The molecule has 1 heterocycles. The monoisotopic (exact) mass is 440 g/mol. The van der Waals surface area contributed by atoms with Gasteiger partial charge in [-0.1, -0.05) is 26.0 Å². The largest absolute Gasteiger partial charge is 0.352 e. The van der Waals surface area contributed by atoms with E-state index in [0.29, 0.717) is 60.7 Å². The molecule has 2 amide bonds. The number of carbonyl (C=O) groups is 2. The second kappa shape index (κ2) is 7.56. The highest BCUT2D eigenvalue weighted by atomic mass is 19.1. The highest BCUT2D eigenvalue weighted by molar-refractivity contribution is 5.84. The maximum absolute atomic E-state index is 13.8. The fourth-order valence-electron chi connectivity index (χ4n) is 8.45. The van der Waals surface area contributed by atoms with Crippen molar-refractivity contribution in [3.63, 3.8) is 0 Å². The molecule has 1 aromatic rings. The van der Waals surface area contributed by atoms with Gasteiger partial charge in [-0.2, -0.15) is 0 Å². The van der Waals surface area contributed by atoms with Gasteiger partial charge in [0.15, 0.2) is 0 Å². The predicted molar refractivity (Wildman–Crippen MR) is 122 cm³/mol. The summed E-state index contributed by atoms with van der Waals surface area (Å²) in [6.45, 7) is 8.25. The van der Waals surface area contributed by atoms with Crippen molar-refractivity contribution in [3.8, 4) is 0 Å². The van der Waals surface area contributed by atoms with Gasteiger partial charge in [0, 0.05) is 25.6 Å². The average Bonchev–Trinajstić information content (AvgIpc) is 2.71. The van der Waals surface area contributed by atoms with Crippen molar-refractivity contribution in [2.45, 2.75) is 78.7 Å². The molecule has 32 heavy (non-hydrogen) atoms. The van der Waals surface area contributed by atoms with Gasteiger partial charge >= 0.3 is 0 Å². The number of carbonyl (C=O) groups excluding carboxylic acids is 2. The molecule has 0 aromatic heterocycles.